The summed E-state index contributed by atoms with van der Waals surface area (Å²) in [6, 6.07) is 4.65. The SMILES string of the molecule is COCC1(CN(C)c2cc(-c3cc(C4CC4)nc(C(F)(F)F)c3)nc3nc(-c4cnc(N5CCN(CCC(=O)[O-])C(C)(C)C5)cn4)[nH]c23)CCCC1.[Na+]. The molecule has 0 bridgehead atoms. The van der Waals surface area contributed by atoms with E-state index in [1.807, 2.05) is 13.1 Å². The van der Waals surface area contributed by atoms with E-state index < -0.39 is 17.8 Å². The predicted molar refractivity (Wildman–Crippen MR) is 189 cm³/mol. The second kappa shape index (κ2) is 15.4. The smallest absolute Gasteiger partial charge is 0.550 e. The molecule has 0 spiro atoms. The first-order valence-corrected chi connectivity index (χ1v) is 18.0. The summed E-state index contributed by atoms with van der Waals surface area (Å²) in [7, 11) is 3.71. The average Bonchev–Trinajstić information content (AvgIpc) is 3.71. The van der Waals surface area contributed by atoms with Crippen molar-refractivity contribution in [1.82, 2.24) is 34.8 Å². The number of aromatic nitrogens is 6. The van der Waals surface area contributed by atoms with Gasteiger partial charge in [-0.2, -0.15) is 13.2 Å². The molecular formula is C37H45F3N9NaO3. The topological polar surface area (TPSA) is 139 Å². The number of carboxylic acid groups (broad SMARTS) is 1. The van der Waals surface area contributed by atoms with Gasteiger partial charge >= 0.3 is 35.7 Å². The largest absolute Gasteiger partial charge is 1.00 e. The number of halogens is 3. The summed E-state index contributed by atoms with van der Waals surface area (Å²) < 4.78 is 47.8. The molecule has 3 aliphatic rings. The molecule has 0 radical (unpaired) electrons. The van der Waals surface area contributed by atoms with Gasteiger partial charge in [-0.1, -0.05) is 12.8 Å². The second-order valence-electron chi connectivity index (χ2n) is 15.3. The Bertz CT molecular complexity index is 1930. The molecule has 53 heavy (non-hydrogen) atoms. The molecule has 16 heteroatoms. The Hall–Kier alpha value is -3.37. The molecule has 1 N–H and O–H groups in total. The maximum Gasteiger partial charge on any atom is 1.00 e. The number of hydrogen-bond acceptors (Lipinski definition) is 11. The molecule has 5 heterocycles. The first kappa shape index (κ1) is 39.3. The molecule has 3 fully saturated rings. The number of carbonyl (C=O) groups excluding carboxylic acids is 1. The number of ether oxygens (including phenoxy) is 1. The third-order valence-corrected chi connectivity index (χ3v) is 10.8. The molecule has 7 rings (SSSR count). The van der Waals surface area contributed by atoms with Crippen LogP contribution in [-0.4, -0.2) is 99.8 Å². The molecular weight excluding hydrogens is 698 g/mol. The zero-order valence-corrected chi connectivity index (χ0v) is 33.1. The van der Waals surface area contributed by atoms with Crippen LogP contribution in [0.3, 0.4) is 0 Å². The van der Waals surface area contributed by atoms with E-state index in [0.717, 1.165) is 50.3 Å². The Balaban J connectivity index is 0.00000481. The predicted octanol–water partition coefficient (Wildman–Crippen LogP) is 2.06. The van der Waals surface area contributed by atoms with Crippen LogP contribution in [0, 0.1) is 5.41 Å². The van der Waals surface area contributed by atoms with Crippen LogP contribution < -0.4 is 44.5 Å². The summed E-state index contributed by atoms with van der Waals surface area (Å²) in [5.41, 5.74) is 2.20. The standard InChI is InChI=1S/C37H46F3N9O3.Na/c1-35(2)20-48(13-14-49(35)12-9-31(50)51)30-19-41-27(18-42-30)33-45-32-28(47(3)21-36(22-52-4)10-5-6-11-36)17-26(44-34(32)46-33)24-15-25(23-7-8-23)43-29(16-24)37(38,39)40;/h15-19,23H,5-14,20-22H2,1-4H3,(H,50,51)(H,44,45,46);/q;+1/p-1. The van der Waals surface area contributed by atoms with Crippen molar-refractivity contribution in [2.75, 3.05) is 63.3 Å². The van der Waals surface area contributed by atoms with E-state index in [-0.39, 0.29) is 52.8 Å². The number of fused-ring (bicyclic) bond motifs is 1. The zero-order chi connectivity index (χ0) is 36.8. The van der Waals surface area contributed by atoms with Crippen LogP contribution in [0.15, 0.2) is 30.6 Å². The van der Waals surface area contributed by atoms with E-state index in [2.05, 4.69) is 38.5 Å². The summed E-state index contributed by atoms with van der Waals surface area (Å²) in [5.74, 6) is 0.0942. The number of piperazine rings is 1. The first-order chi connectivity index (χ1) is 24.7. The fraction of sp³-hybridized carbons (Fsp3) is 0.568. The van der Waals surface area contributed by atoms with E-state index in [1.165, 1.54) is 0 Å². The van der Waals surface area contributed by atoms with Crippen LogP contribution in [0.4, 0.5) is 24.7 Å². The van der Waals surface area contributed by atoms with Gasteiger partial charge < -0.3 is 29.4 Å². The van der Waals surface area contributed by atoms with Crippen molar-refractivity contribution in [1.29, 1.82) is 0 Å². The van der Waals surface area contributed by atoms with Gasteiger partial charge in [0.05, 0.1) is 30.4 Å². The molecule has 1 aliphatic heterocycles. The third kappa shape index (κ3) is 8.64. The molecule has 2 aliphatic carbocycles. The maximum absolute atomic E-state index is 14.0. The Morgan fingerprint density at radius 1 is 1.06 bits per heavy atom. The number of pyridine rings is 2. The summed E-state index contributed by atoms with van der Waals surface area (Å²) in [6.45, 7) is 7.86. The van der Waals surface area contributed by atoms with E-state index in [0.29, 0.717) is 84.8 Å². The van der Waals surface area contributed by atoms with E-state index in [4.69, 9.17) is 24.7 Å². The summed E-state index contributed by atoms with van der Waals surface area (Å²) >= 11 is 0. The number of carboxylic acids is 1. The number of nitrogens with zero attached hydrogens (tertiary/aromatic N) is 8. The number of imidazole rings is 1. The van der Waals surface area contributed by atoms with Crippen molar-refractivity contribution in [3.05, 3.63) is 42.0 Å². The molecule has 0 amide bonds. The number of hydrogen-bond donors (Lipinski definition) is 1. The Morgan fingerprint density at radius 3 is 2.43 bits per heavy atom. The third-order valence-electron chi connectivity index (χ3n) is 10.8. The van der Waals surface area contributed by atoms with E-state index in [9.17, 15) is 23.1 Å². The molecule has 0 unspecified atom stereocenters. The normalized spacial score (nSPS) is 18.7. The maximum atomic E-state index is 14.0. The number of carbonyl (C=O) groups is 1. The number of aromatic amines is 1. The Kier molecular flexibility index (Phi) is 11.4. The van der Waals surface area contributed by atoms with Gasteiger partial charge in [0.2, 0.25) is 0 Å². The van der Waals surface area contributed by atoms with Crippen molar-refractivity contribution >= 4 is 28.6 Å². The molecule has 4 aromatic heterocycles. The fourth-order valence-corrected chi connectivity index (χ4v) is 7.98. The van der Waals surface area contributed by atoms with Crippen LogP contribution in [0.5, 0.6) is 0 Å². The van der Waals surface area contributed by atoms with Gasteiger partial charge in [-0.05, 0) is 64.2 Å². The minimum atomic E-state index is -4.59. The number of anilines is 2. The monoisotopic (exact) mass is 743 g/mol. The number of rotatable bonds is 12. The minimum Gasteiger partial charge on any atom is -0.550 e. The molecule has 1 saturated heterocycles. The van der Waals surface area contributed by atoms with Crippen molar-refractivity contribution in [2.24, 2.45) is 5.41 Å². The first-order valence-electron chi connectivity index (χ1n) is 18.0. The molecule has 0 aromatic carbocycles. The summed E-state index contributed by atoms with van der Waals surface area (Å²) in [6.07, 6.45) is 4.66. The molecule has 2 saturated carbocycles. The van der Waals surface area contributed by atoms with Crippen LogP contribution >= 0.6 is 0 Å². The Labute approximate surface area is 329 Å². The van der Waals surface area contributed by atoms with Crippen LogP contribution in [0.25, 0.3) is 33.9 Å². The van der Waals surface area contributed by atoms with Crippen LogP contribution in [0.1, 0.15) is 76.1 Å². The van der Waals surface area contributed by atoms with Gasteiger partial charge in [-0.3, -0.25) is 4.90 Å². The number of alkyl halides is 3. The zero-order valence-electron chi connectivity index (χ0n) is 31.1. The second-order valence-corrected chi connectivity index (χ2v) is 15.3. The van der Waals surface area contributed by atoms with Gasteiger partial charge in [0.25, 0.3) is 0 Å². The molecule has 12 nitrogen and oxygen atoms in total. The van der Waals surface area contributed by atoms with Crippen molar-refractivity contribution in [3.63, 3.8) is 0 Å². The van der Waals surface area contributed by atoms with Crippen molar-refractivity contribution in [2.45, 2.75) is 76.4 Å². The Morgan fingerprint density at radius 2 is 1.81 bits per heavy atom. The quantitative estimate of drug-likeness (QED) is 0.214. The number of methoxy groups -OCH3 is 1. The summed E-state index contributed by atoms with van der Waals surface area (Å²) in [5, 5.41) is 11.0. The van der Waals surface area contributed by atoms with E-state index in [1.54, 1.807) is 25.6 Å². The fourth-order valence-electron chi connectivity index (χ4n) is 7.98. The van der Waals surface area contributed by atoms with Gasteiger partial charge in [-0.15, -0.1) is 0 Å². The van der Waals surface area contributed by atoms with E-state index >= 15 is 0 Å². The number of H-pyrrole nitrogens is 1. The van der Waals surface area contributed by atoms with Gasteiger partial charge in [0.15, 0.2) is 11.5 Å². The van der Waals surface area contributed by atoms with Gasteiger partial charge in [0, 0.05) is 81.0 Å². The van der Waals surface area contributed by atoms with Crippen molar-refractivity contribution in [3.8, 4) is 22.8 Å². The van der Waals surface area contributed by atoms with Gasteiger partial charge in [-0.25, -0.2) is 24.9 Å². The molecule has 0 atom stereocenters. The van der Waals surface area contributed by atoms with Gasteiger partial charge in [0.1, 0.15) is 22.7 Å². The minimum absolute atomic E-state index is 0. The molecule has 4 aromatic rings. The van der Waals surface area contributed by atoms with Crippen LogP contribution in [0.2, 0.25) is 0 Å². The molecule has 278 valence electrons. The van der Waals surface area contributed by atoms with Crippen molar-refractivity contribution < 1.29 is 57.4 Å². The summed E-state index contributed by atoms with van der Waals surface area (Å²) in [4.78, 5) is 43.9. The number of aliphatic carboxylic acids is 1. The number of nitrogens with one attached hydrogen (secondary N) is 1. The van der Waals surface area contributed by atoms with Crippen LogP contribution in [-0.2, 0) is 15.7 Å². The average molecular weight is 744 g/mol.